The largest absolute Gasteiger partial charge is 0.472 e. The highest BCUT2D eigenvalue weighted by Crippen LogP contribution is 2.43. The van der Waals surface area contributed by atoms with Crippen LogP contribution < -0.4 is 5.32 Å². The lowest BCUT2D eigenvalue weighted by Crippen LogP contribution is -2.51. The lowest BCUT2D eigenvalue weighted by molar-refractivity contribution is -0.870. The summed E-state index contributed by atoms with van der Waals surface area (Å²) in [5, 5.41) is 24.7. The van der Waals surface area contributed by atoms with Gasteiger partial charge in [0.15, 0.2) is 0 Å². The van der Waals surface area contributed by atoms with Gasteiger partial charge in [0.1, 0.15) is 19.3 Å². The fourth-order valence-electron chi connectivity index (χ4n) is 7.32. The van der Waals surface area contributed by atoms with E-state index in [0.29, 0.717) is 23.9 Å². The van der Waals surface area contributed by atoms with Crippen LogP contribution in [-0.2, 0) is 18.4 Å². The molecular weight excluding hydrogens is 723 g/mol. The number of phosphoric ester groups is 1. The van der Waals surface area contributed by atoms with Crippen molar-refractivity contribution < 1.29 is 38.0 Å². The van der Waals surface area contributed by atoms with Crippen LogP contribution in [0, 0.1) is 0 Å². The summed E-state index contributed by atoms with van der Waals surface area (Å²) < 4.78 is 23.5. The number of amides is 1. The highest BCUT2D eigenvalue weighted by Gasteiger charge is 2.31. The van der Waals surface area contributed by atoms with Crippen LogP contribution in [-0.4, -0.2) is 84.6 Å². The van der Waals surface area contributed by atoms with E-state index in [1.54, 1.807) is 0 Å². The van der Waals surface area contributed by atoms with E-state index in [1.165, 1.54) is 167 Å². The maximum absolute atomic E-state index is 12.9. The summed E-state index contributed by atoms with van der Waals surface area (Å²) in [5.41, 5.74) is 0. The van der Waals surface area contributed by atoms with Crippen molar-refractivity contribution in [3.05, 3.63) is 0 Å². The molecule has 4 atom stereocenters. The van der Waals surface area contributed by atoms with Crippen LogP contribution in [0.3, 0.4) is 0 Å². The Balaban J connectivity index is 4.35. The SMILES string of the molecule is CCCCCCCCCCCCCCCCCCCCCCC(=O)NC(COP(=O)(O)OCC[N+](C)(C)C)C(O)C(O)CCCCCCCCCCCCCC. The second-order valence-electron chi connectivity index (χ2n) is 18.0. The number of rotatable bonds is 44. The van der Waals surface area contributed by atoms with Crippen molar-refractivity contribution in [2.45, 2.75) is 250 Å². The maximum atomic E-state index is 12.9. The molecule has 0 aliphatic heterocycles. The molecule has 336 valence electrons. The molecule has 9 nitrogen and oxygen atoms in total. The van der Waals surface area contributed by atoms with E-state index < -0.39 is 32.7 Å². The van der Waals surface area contributed by atoms with E-state index in [2.05, 4.69) is 19.2 Å². The van der Waals surface area contributed by atoms with Crippen LogP contribution in [0.1, 0.15) is 232 Å². The normalized spacial score (nSPS) is 14.8. The fourth-order valence-corrected chi connectivity index (χ4v) is 8.06. The molecule has 0 aliphatic rings. The zero-order chi connectivity index (χ0) is 41.6. The first-order valence-corrected chi connectivity index (χ1v) is 25.5. The molecule has 0 spiro atoms. The summed E-state index contributed by atoms with van der Waals surface area (Å²) in [5.74, 6) is -0.253. The number of hydrogen-bond acceptors (Lipinski definition) is 6. The Bertz CT molecular complexity index is 903. The number of likely N-dealkylation sites (N-methyl/N-ethyl adjacent to an activating group) is 1. The topological polar surface area (TPSA) is 125 Å². The number of quaternary nitrogens is 1. The molecule has 0 radical (unpaired) electrons. The van der Waals surface area contributed by atoms with Gasteiger partial charge >= 0.3 is 7.82 Å². The number of aliphatic hydroxyl groups excluding tert-OH is 2. The van der Waals surface area contributed by atoms with Gasteiger partial charge < -0.3 is 24.9 Å². The number of nitrogens with one attached hydrogen (secondary N) is 1. The number of aliphatic hydroxyl groups is 2. The Hall–Kier alpha value is -0.540. The molecule has 0 rings (SSSR count). The molecule has 4 unspecified atom stereocenters. The van der Waals surface area contributed by atoms with Gasteiger partial charge in [-0.05, 0) is 12.8 Å². The molecule has 0 aromatic rings. The van der Waals surface area contributed by atoms with Crippen LogP contribution in [0.5, 0.6) is 0 Å². The molecule has 0 bridgehead atoms. The first-order chi connectivity index (χ1) is 26.9. The predicted molar refractivity (Wildman–Crippen MR) is 237 cm³/mol. The molecule has 0 aromatic carbocycles. The summed E-state index contributed by atoms with van der Waals surface area (Å²) in [4.78, 5) is 23.2. The average Bonchev–Trinajstić information content (AvgIpc) is 3.15. The minimum Gasteiger partial charge on any atom is -0.390 e. The van der Waals surface area contributed by atoms with Crippen molar-refractivity contribution in [2.24, 2.45) is 0 Å². The first kappa shape index (κ1) is 55.5. The van der Waals surface area contributed by atoms with Crippen LogP contribution in [0.4, 0.5) is 0 Å². The number of carbonyl (C=O) groups excluding carboxylic acids is 1. The van der Waals surface area contributed by atoms with Crippen LogP contribution in [0.2, 0.25) is 0 Å². The van der Waals surface area contributed by atoms with E-state index in [4.69, 9.17) is 9.05 Å². The predicted octanol–water partition coefficient (Wildman–Crippen LogP) is 12.3. The van der Waals surface area contributed by atoms with E-state index >= 15 is 0 Å². The minimum absolute atomic E-state index is 0.0257. The average molecular weight is 820 g/mol. The summed E-state index contributed by atoms with van der Waals surface area (Å²) in [6, 6.07) is -1.03. The molecule has 0 saturated carbocycles. The van der Waals surface area contributed by atoms with E-state index in [9.17, 15) is 24.5 Å². The molecule has 1 amide bonds. The van der Waals surface area contributed by atoms with Crippen LogP contribution in [0.25, 0.3) is 0 Å². The van der Waals surface area contributed by atoms with Crippen molar-refractivity contribution in [3.8, 4) is 0 Å². The highest BCUT2D eigenvalue weighted by atomic mass is 31.2. The first-order valence-electron chi connectivity index (χ1n) is 24.0. The van der Waals surface area contributed by atoms with Gasteiger partial charge in [0.25, 0.3) is 0 Å². The number of nitrogens with zero attached hydrogens (tertiary/aromatic N) is 1. The van der Waals surface area contributed by atoms with Crippen LogP contribution >= 0.6 is 7.82 Å². The second kappa shape index (κ2) is 38.6. The van der Waals surface area contributed by atoms with Gasteiger partial charge in [-0.25, -0.2) is 4.57 Å². The molecule has 0 aromatic heterocycles. The standard InChI is InChI=1S/C46H95N2O7P/c1-6-8-10-12-14-16-18-20-21-22-23-24-25-26-27-29-31-33-35-37-39-45(50)47-43(42-55-56(52,53)54-41-40-48(3,4)5)46(51)44(49)38-36-34-32-30-28-19-17-15-13-11-9-7-2/h43-44,46,49,51H,6-42H2,1-5H3,(H-,47,50,52,53)/p+1. The van der Waals surface area contributed by atoms with Gasteiger partial charge in [0.05, 0.1) is 39.9 Å². The second-order valence-corrected chi connectivity index (χ2v) is 19.4. The highest BCUT2D eigenvalue weighted by molar-refractivity contribution is 7.47. The molecule has 0 fully saturated rings. The Morgan fingerprint density at radius 3 is 1.25 bits per heavy atom. The number of unbranched alkanes of at least 4 members (excludes halogenated alkanes) is 30. The smallest absolute Gasteiger partial charge is 0.390 e. The van der Waals surface area contributed by atoms with E-state index in [-0.39, 0.29) is 12.5 Å². The molecule has 10 heteroatoms. The summed E-state index contributed by atoms with van der Waals surface area (Å²) in [7, 11) is 1.45. The molecule has 4 N–H and O–H groups in total. The van der Waals surface area contributed by atoms with Crippen LogP contribution in [0.15, 0.2) is 0 Å². The van der Waals surface area contributed by atoms with Gasteiger partial charge in [-0.2, -0.15) is 0 Å². The molecule has 0 heterocycles. The summed E-state index contributed by atoms with van der Waals surface area (Å²) >= 11 is 0. The fraction of sp³-hybridized carbons (Fsp3) is 0.978. The third-order valence-electron chi connectivity index (χ3n) is 11.2. The van der Waals surface area contributed by atoms with E-state index in [0.717, 1.165) is 38.5 Å². The van der Waals surface area contributed by atoms with Crippen molar-refractivity contribution >= 4 is 13.7 Å². The Morgan fingerprint density at radius 2 is 0.893 bits per heavy atom. The minimum atomic E-state index is -4.41. The monoisotopic (exact) mass is 820 g/mol. The Labute approximate surface area is 347 Å². The molecule has 0 aliphatic carbocycles. The van der Waals surface area contributed by atoms with Gasteiger partial charge in [-0.3, -0.25) is 13.8 Å². The van der Waals surface area contributed by atoms with Crippen molar-refractivity contribution in [1.82, 2.24) is 5.32 Å². The molecular formula is C46H96N2O7P+. The van der Waals surface area contributed by atoms with Gasteiger partial charge in [0.2, 0.25) is 5.91 Å². The van der Waals surface area contributed by atoms with Crippen molar-refractivity contribution in [2.75, 3.05) is 40.9 Å². The van der Waals surface area contributed by atoms with Crippen molar-refractivity contribution in [3.63, 3.8) is 0 Å². The number of phosphoric acid groups is 1. The molecule has 56 heavy (non-hydrogen) atoms. The lowest BCUT2D eigenvalue weighted by Gasteiger charge is -2.28. The summed E-state index contributed by atoms with van der Waals surface area (Å²) in [6.45, 7) is 4.63. The summed E-state index contributed by atoms with van der Waals surface area (Å²) in [6.07, 6.45) is 38.7. The lowest BCUT2D eigenvalue weighted by atomic mass is 9.99. The third kappa shape index (κ3) is 38.9. The molecule has 0 saturated heterocycles. The van der Waals surface area contributed by atoms with E-state index in [1.807, 2.05) is 21.1 Å². The Kier molecular flexibility index (Phi) is 38.3. The zero-order valence-corrected chi connectivity index (χ0v) is 38.7. The Morgan fingerprint density at radius 1 is 0.554 bits per heavy atom. The zero-order valence-electron chi connectivity index (χ0n) is 37.8. The van der Waals surface area contributed by atoms with Crippen molar-refractivity contribution in [1.29, 1.82) is 0 Å². The quantitative estimate of drug-likeness (QED) is 0.0274. The maximum Gasteiger partial charge on any atom is 0.472 e. The third-order valence-corrected chi connectivity index (χ3v) is 12.2. The van der Waals surface area contributed by atoms with Gasteiger partial charge in [0, 0.05) is 6.42 Å². The number of carbonyl (C=O) groups is 1. The number of hydrogen-bond donors (Lipinski definition) is 4. The van der Waals surface area contributed by atoms with Gasteiger partial charge in [-0.15, -0.1) is 0 Å². The van der Waals surface area contributed by atoms with Gasteiger partial charge in [-0.1, -0.05) is 213 Å².